The maximum Gasteiger partial charge on any atom is 0.241 e. The molecule has 0 unspecified atom stereocenters. The highest BCUT2D eigenvalue weighted by Crippen LogP contribution is 2.37. The van der Waals surface area contributed by atoms with Gasteiger partial charge in [0.2, 0.25) is 11.8 Å². The van der Waals surface area contributed by atoms with E-state index in [0.29, 0.717) is 55.6 Å². The lowest BCUT2D eigenvalue weighted by molar-refractivity contribution is -0.122. The number of nitrogens with zero attached hydrogens (tertiary/aromatic N) is 4. The maximum absolute atomic E-state index is 14.1. The van der Waals surface area contributed by atoms with Crippen LogP contribution in [-0.4, -0.2) is 115 Å². The number of benzene rings is 1. The van der Waals surface area contributed by atoms with Crippen LogP contribution in [-0.2, 0) is 16.0 Å². The monoisotopic (exact) mass is 584 g/mol. The third kappa shape index (κ3) is 7.03. The Labute approximate surface area is 248 Å². The normalized spacial score (nSPS) is 26.9. The lowest BCUT2D eigenvalue weighted by Crippen LogP contribution is -2.63. The predicted octanol–water partition coefficient (Wildman–Crippen LogP) is 2.10. The molecule has 5 atom stereocenters. The van der Waals surface area contributed by atoms with Gasteiger partial charge in [0.1, 0.15) is 23.9 Å². The minimum atomic E-state index is -0.294. The van der Waals surface area contributed by atoms with E-state index in [4.69, 9.17) is 14.5 Å². The molecule has 1 aromatic carbocycles. The van der Waals surface area contributed by atoms with Crippen molar-refractivity contribution >= 4 is 17.4 Å². The van der Waals surface area contributed by atoms with Crippen molar-refractivity contribution in [1.82, 2.24) is 20.1 Å². The summed E-state index contributed by atoms with van der Waals surface area (Å²) in [4.78, 5) is 25.5. The Kier molecular flexibility index (Phi) is 9.95. The van der Waals surface area contributed by atoms with Crippen LogP contribution in [0.3, 0.4) is 0 Å². The predicted molar refractivity (Wildman–Crippen MR) is 161 cm³/mol. The number of rotatable bonds is 9. The van der Waals surface area contributed by atoms with E-state index in [1.54, 1.807) is 12.1 Å². The fourth-order valence-electron chi connectivity index (χ4n) is 6.27. The number of aromatic nitrogens is 1. The summed E-state index contributed by atoms with van der Waals surface area (Å²) in [6, 6.07) is 9.29. The first-order valence-electron chi connectivity index (χ1n) is 15.1. The van der Waals surface area contributed by atoms with Crippen molar-refractivity contribution < 1.29 is 23.8 Å². The second kappa shape index (κ2) is 13.6. The molecule has 3 aliphatic rings. The molecule has 1 aromatic heterocycles. The zero-order valence-electron chi connectivity index (χ0n) is 25.2. The van der Waals surface area contributed by atoms with E-state index in [-0.39, 0.29) is 36.5 Å². The Morgan fingerprint density at radius 3 is 2.57 bits per heavy atom. The highest BCUT2D eigenvalue weighted by Gasteiger charge is 2.37. The third-order valence-corrected chi connectivity index (χ3v) is 8.53. The highest BCUT2D eigenvalue weighted by molar-refractivity contribution is 5.97. The van der Waals surface area contributed by atoms with Crippen LogP contribution in [0.1, 0.15) is 38.8 Å². The number of hydrogen-bond donors (Lipinski definition) is 3. The second-order valence-electron chi connectivity index (χ2n) is 12.0. The smallest absolute Gasteiger partial charge is 0.241 e. The Bertz CT molecular complexity index is 1210. The van der Waals surface area contributed by atoms with Gasteiger partial charge in [0.25, 0.3) is 0 Å². The molecule has 11 heteroatoms. The van der Waals surface area contributed by atoms with Crippen molar-refractivity contribution in [2.75, 3.05) is 69.4 Å². The van der Waals surface area contributed by atoms with Crippen molar-refractivity contribution in [3.63, 3.8) is 0 Å². The first-order valence-corrected chi connectivity index (χ1v) is 15.1. The topological polar surface area (TPSA) is 102 Å². The average Bonchev–Trinajstić information content (AvgIpc) is 2.96. The van der Waals surface area contributed by atoms with Gasteiger partial charge in [-0.2, -0.15) is 4.98 Å². The number of ether oxygens (including phenoxy) is 2. The number of carbonyl (C=O) groups excluding carboxylic acids is 1. The molecule has 0 radical (unpaired) electrons. The van der Waals surface area contributed by atoms with Gasteiger partial charge in [-0.05, 0) is 51.5 Å². The Morgan fingerprint density at radius 1 is 1.12 bits per heavy atom. The van der Waals surface area contributed by atoms with E-state index in [1.807, 2.05) is 17.9 Å². The summed E-state index contributed by atoms with van der Waals surface area (Å²) in [5, 5.41) is 16.2. The molecule has 4 heterocycles. The molecule has 10 nitrogen and oxygen atoms in total. The standard InChI is InChI=1S/C31H45FN6O4/c1-20-14-36(27(13-34-20)15-37-21(2)17-41-18-22(37)3)16-29(40)38-23(4)19-42-31-28(38)12-25(30(35-31)33-9-10-39)11-24-5-7-26(32)8-6-24/h5-8,12,20-23,27,34,39H,9-11,13-19H2,1-4H3,(H,33,35)/t20-,21-,22-,23+,27-/m1/s1. The molecule has 42 heavy (non-hydrogen) atoms. The largest absolute Gasteiger partial charge is 0.474 e. The summed E-state index contributed by atoms with van der Waals surface area (Å²) in [6.07, 6.45) is 0.484. The van der Waals surface area contributed by atoms with Crippen molar-refractivity contribution in [1.29, 1.82) is 0 Å². The zero-order chi connectivity index (χ0) is 29.8. The van der Waals surface area contributed by atoms with Gasteiger partial charge in [-0.25, -0.2) is 4.39 Å². The third-order valence-electron chi connectivity index (χ3n) is 8.53. The van der Waals surface area contributed by atoms with Gasteiger partial charge >= 0.3 is 0 Å². The van der Waals surface area contributed by atoms with Crippen molar-refractivity contribution in [2.24, 2.45) is 0 Å². The van der Waals surface area contributed by atoms with Crippen LogP contribution in [0.25, 0.3) is 0 Å². The molecular formula is C31H45FN6O4. The van der Waals surface area contributed by atoms with E-state index in [2.05, 4.69) is 41.2 Å². The number of pyridine rings is 1. The Morgan fingerprint density at radius 2 is 1.86 bits per heavy atom. The lowest BCUT2D eigenvalue weighted by Gasteiger charge is -2.46. The quantitative estimate of drug-likeness (QED) is 0.409. The molecular weight excluding hydrogens is 539 g/mol. The van der Waals surface area contributed by atoms with E-state index in [1.165, 1.54) is 12.1 Å². The van der Waals surface area contributed by atoms with E-state index in [0.717, 1.165) is 44.0 Å². The van der Waals surface area contributed by atoms with Crippen LogP contribution in [0.2, 0.25) is 0 Å². The number of fused-ring (bicyclic) bond motifs is 1. The number of amides is 1. The molecule has 3 N–H and O–H groups in total. The average molecular weight is 585 g/mol. The van der Waals surface area contributed by atoms with Gasteiger partial charge in [0.15, 0.2) is 0 Å². The molecule has 0 bridgehead atoms. The minimum absolute atomic E-state index is 0.0137. The number of aliphatic hydroxyl groups is 1. The fraction of sp³-hybridized carbons (Fsp3) is 0.613. The minimum Gasteiger partial charge on any atom is -0.474 e. The van der Waals surface area contributed by atoms with E-state index >= 15 is 0 Å². The molecule has 5 rings (SSSR count). The number of anilines is 2. The number of carbonyl (C=O) groups is 1. The van der Waals surface area contributed by atoms with Gasteiger partial charge in [-0.15, -0.1) is 0 Å². The van der Waals surface area contributed by atoms with Crippen molar-refractivity contribution in [3.8, 4) is 5.88 Å². The fourth-order valence-corrected chi connectivity index (χ4v) is 6.27. The number of morpholine rings is 1. The van der Waals surface area contributed by atoms with Crippen LogP contribution in [0.4, 0.5) is 15.9 Å². The summed E-state index contributed by atoms with van der Waals surface area (Å²) in [6.45, 7) is 13.4. The first-order chi connectivity index (χ1) is 20.2. The molecule has 0 spiro atoms. The van der Waals surface area contributed by atoms with Gasteiger partial charge in [-0.3, -0.25) is 14.6 Å². The molecule has 2 saturated heterocycles. The highest BCUT2D eigenvalue weighted by atomic mass is 19.1. The van der Waals surface area contributed by atoms with Crippen LogP contribution in [0.5, 0.6) is 5.88 Å². The maximum atomic E-state index is 14.1. The number of nitrogens with one attached hydrogen (secondary N) is 2. The summed E-state index contributed by atoms with van der Waals surface area (Å²) in [5.41, 5.74) is 2.39. The molecule has 230 valence electrons. The molecule has 3 aliphatic heterocycles. The number of hydrogen-bond acceptors (Lipinski definition) is 9. The van der Waals surface area contributed by atoms with Crippen LogP contribution in [0.15, 0.2) is 30.3 Å². The summed E-state index contributed by atoms with van der Waals surface area (Å²) in [5.74, 6) is 0.697. The SMILES string of the molecule is C[C@@H]1CN(CC(=O)N2c3cc(Cc4ccc(F)cc4)c(NCCO)nc3OC[C@@H]2C)[C@@H](CN2[C@H](C)COC[C@H]2C)CN1. The zero-order valence-corrected chi connectivity index (χ0v) is 25.2. The van der Waals surface area contributed by atoms with Gasteiger partial charge in [0, 0.05) is 62.3 Å². The molecule has 2 aromatic rings. The van der Waals surface area contributed by atoms with Gasteiger partial charge in [0.05, 0.1) is 32.4 Å². The number of halogens is 1. The molecule has 2 fully saturated rings. The van der Waals surface area contributed by atoms with Crippen LogP contribution < -0.4 is 20.3 Å². The summed E-state index contributed by atoms with van der Waals surface area (Å²) < 4.78 is 25.3. The van der Waals surface area contributed by atoms with E-state index in [9.17, 15) is 14.3 Å². The molecule has 1 amide bonds. The first kappa shape index (κ1) is 30.6. The lowest BCUT2D eigenvalue weighted by atomic mass is 10.0. The van der Waals surface area contributed by atoms with Crippen molar-refractivity contribution in [3.05, 3.63) is 47.3 Å². The van der Waals surface area contributed by atoms with E-state index < -0.39 is 0 Å². The van der Waals surface area contributed by atoms with Gasteiger partial charge in [-0.1, -0.05) is 12.1 Å². The molecule has 0 aliphatic carbocycles. The van der Waals surface area contributed by atoms with Crippen molar-refractivity contribution in [2.45, 2.75) is 64.3 Å². The summed E-state index contributed by atoms with van der Waals surface area (Å²) >= 11 is 0. The number of aliphatic hydroxyl groups excluding tert-OH is 1. The van der Waals surface area contributed by atoms with Crippen LogP contribution in [0, 0.1) is 5.82 Å². The molecule has 0 saturated carbocycles. The number of piperazine rings is 1. The summed E-state index contributed by atoms with van der Waals surface area (Å²) in [7, 11) is 0. The van der Waals surface area contributed by atoms with Crippen LogP contribution >= 0.6 is 0 Å². The second-order valence-corrected chi connectivity index (χ2v) is 12.0. The Balaban J connectivity index is 1.39. The van der Waals surface area contributed by atoms with Gasteiger partial charge < -0.3 is 30.1 Å². The Hall–Kier alpha value is -2.83.